The van der Waals surface area contributed by atoms with Gasteiger partial charge in [0.1, 0.15) is 5.75 Å². The van der Waals surface area contributed by atoms with Crippen LogP contribution in [-0.4, -0.2) is 50.6 Å². The largest absolute Gasteiger partial charge is 0.497 e. The summed E-state index contributed by atoms with van der Waals surface area (Å²) in [5.41, 5.74) is 3.38. The lowest BCUT2D eigenvalue weighted by Crippen LogP contribution is -2.49. The number of rotatable bonds is 7. The van der Waals surface area contributed by atoms with E-state index in [1.807, 2.05) is 53.4 Å². The van der Waals surface area contributed by atoms with Crippen molar-refractivity contribution in [2.24, 2.45) is 0 Å². The highest BCUT2D eigenvalue weighted by molar-refractivity contribution is 5.78. The molecule has 0 radical (unpaired) electrons. The van der Waals surface area contributed by atoms with Crippen LogP contribution >= 0.6 is 0 Å². The fourth-order valence-corrected chi connectivity index (χ4v) is 4.00. The van der Waals surface area contributed by atoms with Gasteiger partial charge in [0, 0.05) is 56.2 Å². The molecule has 0 atom stereocenters. The summed E-state index contributed by atoms with van der Waals surface area (Å²) in [6, 6.07) is 28.6. The van der Waals surface area contributed by atoms with Gasteiger partial charge in [0.25, 0.3) is 0 Å². The van der Waals surface area contributed by atoms with Gasteiger partial charge < -0.3 is 19.4 Å². The molecule has 1 heterocycles. The zero-order valence-electron chi connectivity index (χ0n) is 18.0. The maximum atomic E-state index is 13.0. The molecule has 1 fully saturated rings. The van der Waals surface area contributed by atoms with E-state index in [1.165, 1.54) is 5.69 Å². The Morgan fingerprint density at radius 1 is 0.806 bits per heavy atom. The van der Waals surface area contributed by atoms with E-state index in [0.29, 0.717) is 13.0 Å². The van der Waals surface area contributed by atoms with Gasteiger partial charge in [0.15, 0.2) is 0 Å². The quantitative estimate of drug-likeness (QED) is 0.566. The van der Waals surface area contributed by atoms with Crippen LogP contribution in [0, 0.1) is 0 Å². The van der Waals surface area contributed by atoms with Gasteiger partial charge in [-0.2, -0.15) is 0 Å². The molecule has 0 spiro atoms. The molecular weight excluding hydrogens is 386 g/mol. The lowest BCUT2D eigenvalue weighted by Gasteiger charge is -2.36. The van der Waals surface area contributed by atoms with Gasteiger partial charge >= 0.3 is 0 Å². The van der Waals surface area contributed by atoms with Crippen LogP contribution in [0.2, 0.25) is 0 Å². The standard InChI is InChI=1S/C26H29N3O2/c1-31-25-14-12-22(13-15-25)27-18-20-28(21-19-27)26(30)16-17-29(23-8-4-2-5-9-23)24-10-6-3-7-11-24/h2-15H,16-21H2,1H3. The van der Waals surface area contributed by atoms with Gasteiger partial charge in [-0.3, -0.25) is 4.79 Å². The van der Waals surface area contributed by atoms with Crippen LogP contribution < -0.4 is 14.5 Å². The summed E-state index contributed by atoms with van der Waals surface area (Å²) < 4.78 is 5.24. The zero-order valence-corrected chi connectivity index (χ0v) is 18.0. The van der Waals surface area contributed by atoms with E-state index in [2.05, 4.69) is 46.2 Å². The van der Waals surface area contributed by atoms with E-state index in [9.17, 15) is 4.79 Å². The van der Waals surface area contributed by atoms with Crippen molar-refractivity contribution < 1.29 is 9.53 Å². The molecule has 0 unspecified atom stereocenters. The first-order chi connectivity index (χ1) is 15.2. The average molecular weight is 416 g/mol. The maximum Gasteiger partial charge on any atom is 0.224 e. The summed E-state index contributed by atoms with van der Waals surface area (Å²) >= 11 is 0. The first-order valence-electron chi connectivity index (χ1n) is 10.8. The van der Waals surface area contributed by atoms with Crippen molar-refractivity contribution in [1.82, 2.24) is 4.90 Å². The van der Waals surface area contributed by atoms with Crippen LogP contribution in [0.1, 0.15) is 6.42 Å². The average Bonchev–Trinajstić information content (AvgIpc) is 2.85. The monoisotopic (exact) mass is 415 g/mol. The minimum Gasteiger partial charge on any atom is -0.497 e. The van der Waals surface area contributed by atoms with Crippen molar-refractivity contribution in [3.63, 3.8) is 0 Å². The third kappa shape index (κ3) is 5.18. The summed E-state index contributed by atoms with van der Waals surface area (Å²) in [6.45, 7) is 3.85. The van der Waals surface area contributed by atoms with Gasteiger partial charge in [-0.25, -0.2) is 0 Å². The number of methoxy groups -OCH3 is 1. The van der Waals surface area contributed by atoms with Crippen LogP contribution in [0.5, 0.6) is 5.75 Å². The fourth-order valence-electron chi connectivity index (χ4n) is 4.00. The number of para-hydroxylation sites is 2. The molecule has 0 aromatic heterocycles. The molecule has 160 valence electrons. The molecule has 1 aliphatic heterocycles. The van der Waals surface area contributed by atoms with Gasteiger partial charge in [0.2, 0.25) is 5.91 Å². The lowest BCUT2D eigenvalue weighted by atomic mass is 10.2. The zero-order chi connectivity index (χ0) is 21.5. The minimum absolute atomic E-state index is 0.214. The lowest BCUT2D eigenvalue weighted by molar-refractivity contribution is -0.131. The van der Waals surface area contributed by atoms with Crippen LogP contribution in [0.4, 0.5) is 17.1 Å². The summed E-state index contributed by atoms with van der Waals surface area (Å²) in [7, 11) is 1.68. The van der Waals surface area contributed by atoms with E-state index in [1.54, 1.807) is 7.11 Å². The predicted molar refractivity (Wildman–Crippen MR) is 126 cm³/mol. The van der Waals surface area contributed by atoms with Crippen LogP contribution in [0.25, 0.3) is 0 Å². The second kappa shape index (κ2) is 10.0. The Bertz CT molecular complexity index is 913. The third-order valence-electron chi connectivity index (χ3n) is 5.75. The van der Waals surface area contributed by atoms with Crippen molar-refractivity contribution >= 4 is 23.0 Å². The molecule has 3 aromatic carbocycles. The summed E-state index contributed by atoms with van der Waals surface area (Å²) in [6.07, 6.45) is 0.492. The molecular formula is C26H29N3O2. The third-order valence-corrected chi connectivity index (χ3v) is 5.75. The van der Waals surface area contributed by atoms with E-state index in [4.69, 9.17) is 4.74 Å². The molecule has 5 heteroatoms. The van der Waals surface area contributed by atoms with Crippen molar-refractivity contribution in [2.75, 3.05) is 49.6 Å². The maximum absolute atomic E-state index is 13.0. The summed E-state index contributed by atoms with van der Waals surface area (Å²) in [4.78, 5) is 19.5. The van der Waals surface area contributed by atoms with Gasteiger partial charge in [0.05, 0.1) is 7.11 Å². The Labute approximate surface area is 184 Å². The van der Waals surface area contributed by atoms with Crippen LogP contribution in [0.15, 0.2) is 84.9 Å². The molecule has 1 aliphatic rings. The number of ether oxygens (including phenoxy) is 1. The molecule has 5 nitrogen and oxygen atoms in total. The fraction of sp³-hybridized carbons (Fsp3) is 0.269. The number of hydrogen-bond donors (Lipinski definition) is 0. The Balaban J connectivity index is 1.34. The molecule has 0 saturated carbocycles. The minimum atomic E-state index is 0.214. The van der Waals surface area contributed by atoms with Gasteiger partial charge in [-0.15, -0.1) is 0 Å². The molecule has 1 amide bonds. The Morgan fingerprint density at radius 2 is 1.35 bits per heavy atom. The molecule has 0 bridgehead atoms. The Morgan fingerprint density at radius 3 is 1.87 bits per heavy atom. The van der Waals surface area contributed by atoms with Crippen molar-refractivity contribution in [3.05, 3.63) is 84.9 Å². The van der Waals surface area contributed by atoms with E-state index < -0.39 is 0 Å². The molecule has 0 aliphatic carbocycles. The second-order valence-electron chi connectivity index (χ2n) is 7.64. The van der Waals surface area contributed by atoms with E-state index in [0.717, 1.165) is 43.3 Å². The predicted octanol–water partition coefficient (Wildman–Crippen LogP) is 4.57. The number of carbonyl (C=O) groups is 1. The highest BCUT2D eigenvalue weighted by Crippen LogP contribution is 2.25. The number of amides is 1. The van der Waals surface area contributed by atoms with Gasteiger partial charge in [-0.05, 0) is 48.5 Å². The van der Waals surface area contributed by atoms with E-state index >= 15 is 0 Å². The number of nitrogens with zero attached hydrogens (tertiary/aromatic N) is 3. The Kier molecular flexibility index (Phi) is 6.72. The smallest absolute Gasteiger partial charge is 0.224 e. The van der Waals surface area contributed by atoms with Crippen molar-refractivity contribution in [2.45, 2.75) is 6.42 Å². The number of benzene rings is 3. The summed E-state index contributed by atoms with van der Waals surface area (Å²) in [5.74, 6) is 1.07. The van der Waals surface area contributed by atoms with E-state index in [-0.39, 0.29) is 5.91 Å². The molecule has 31 heavy (non-hydrogen) atoms. The molecule has 4 rings (SSSR count). The molecule has 1 saturated heterocycles. The second-order valence-corrected chi connectivity index (χ2v) is 7.64. The first kappa shape index (κ1) is 20.8. The molecule has 3 aromatic rings. The number of anilines is 3. The highest BCUT2D eigenvalue weighted by atomic mass is 16.5. The number of piperazine rings is 1. The topological polar surface area (TPSA) is 36.0 Å². The van der Waals surface area contributed by atoms with Crippen LogP contribution in [-0.2, 0) is 4.79 Å². The van der Waals surface area contributed by atoms with Crippen molar-refractivity contribution in [3.8, 4) is 5.75 Å². The highest BCUT2D eigenvalue weighted by Gasteiger charge is 2.22. The normalized spacial score (nSPS) is 13.7. The number of hydrogen-bond acceptors (Lipinski definition) is 4. The molecule has 0 N–H and O–H groups in total. The summed E-state index contributed by atoms with van der Waals surface area (Å²) in [5, 5.41) is 0. The first-order valence-corrected chi connectivity index (χ1v) is 10.8. The SMILES string of the molecule is COc1ccc(N2CCN(C(=O)CCN(c3ccccc3)c3ccccc3)CC2)cc1. The van der Waals surface area contributed by atoms with Gasteiger partial charge in [-0.1, -0.05) is 36.4 Å². The van der Waals surface area contributed by atoms with Crippen molar-refractivity contribution in [1.29, 1.82) is 0 Å². The number of carbonyl (C=O) groups excluding carboxylic acids is 1. The Hall–Kier alpha value is -3.47. The van der Waals surface area contributed by atoms with Crippen LogP contribution in [0.3, 0.4) is 0 Å².